The van der Waals surface area contributed by atoms with Crippen molar-refractivity contribution < 1.29 is 0 Å². The molecule has 0 spiro atoms. The van der Waals surface area contributed by atoms with E-state index in [1.807, 2.05) is 6.08 Å². The van der Waals surface area contributed by atoms with Crippen LogP contribution >= 0.6 is 0 Å². The molecule has 2 unspecified atom stereocenters. The van der Waals surface area contributed by atoms with E-state index in [1.54, 1.807) is 0 Å². The Hall–Kier alpha value is -1.45. The summed E-state index contributed by atoms with van der Waals surface area (Å²) >= 11 is 0. The zero-order valence-electron chi connectivity index (χ0n) is 7.49. The predicted octanol–water partition coefficient (Wildman–Crippen LogP) is 2.32. The van der Waals surface area contributed by atoms with Crippen molar-refractivity contribution in [2.45, 2.75) is 13.3 Å². The van der Waals surface area contributed by atoms with Gasteiger partial charge in [0.1, 0.15) is 6.34 Å². The van der Waals surface area contributed by atoms with E-state index in [4.69, 9.17) is 10.9 Å². The third kappa shape index (κ3) is 1.18. The number of nitrogens with one attached hydrogen (secondary N) is 2. The highest BCUT2D eigenvalue weighted by atomic mass is 15.5. The molecular weight excluding hydrogens is 164 g/mol. The molecule has 0 bridgehead atoms. The first-order chi connectivity index (χ1) is 6.27. The van der Waals surface area contributed by atoms with Crippen LogP contribution in [0.4, 0.5) is 0 Å². The van der Waals surface area contributed by atoms with Gasteiger partial charge in [0.15, 0.2) is 0 Å². The summed E-state index contributed by atoms with van der Waals surface area (Å²) in [5, 5.41) is 11.7. The average molecular weight is 176 g/mol. The standard InChI is InChI=1S/C9H12N4/c1-6-2-3-9(8-4-7(6)8)13(5-10)12-11/h2-3,5,7-8,10-11H,4H2,1H3. The minimum Gasteiger partial charge on any atom is -0.289 e. The lowest BCUT2D eigenvalue weighted by atomic mass is 10.0. The fourth-order valence-electron chi connectivity index (χ4n) is 1.90. The van der Waals surface area contributed by atoms with E-state index < -0.39 is 0 Å². The number of rotatable bonds is 3. The van der Waals surface area contributed by atoms with Crippen molar-refractivity contribution in [1.82, 2.24) is 5.01 Å². The first-order valence-corrected chi connectivity index (χ1v) is 4.33. The first kappa shape index (κ1) is 8.16. The van der Waals surface area contributed by atoms with E-state index in [0.717, 1.165) is 18.5 Å². The fourth-order valence-corrected chi connectivity index (χ4v) is 1.90. The van der Waals surface area contributed by atoms with Gasteiger partial charge in [-0.3, -0.25) is 5.41 Å². The van der Waals surface area contributed by atoms with Gasteiger partial charge in [-0.1, -0.05) is 16.9 Å². The Morgan fingerprint density at radius 3 is 2.92 bits per heavy atom. The van der Waals surface area contributed by atoms with Crippen molar-refractivity contribution in [3.8, 4) is 0 Å². The topological polar surface area (TPSA) is 63.3 Å². The van der Waals surface area contributed by atoms with Crippen LogP contribution in [0.2, 0.25) is 0 Å². The Balaban J connectivity index is 2.25. The van der Waals surface area contributed by atoms with Gasteiger partial charge in [-0.2, -0.15) is 5.53 Å². The molecule has 2 N–H and O–H groups in total. The van der Waals surface area contributed by atoms with Crippen molar-refractivity contribution >= 4 is 6.34 Å². The Bertz CT molecular complexity index is 308. The van der Waals surface area contributed by atoms with Gasteiger partial charge in [-0.05, 0) is 25.3 Å². The summed E-state index contributed by atoms with van der Waals surface area (Å²) in [4.78, 5) is 0. The normalized spacial score (nSPS) is 29.6. The van der Waals surface area contributed by atoms with E-state index in [1.165, 1.54) is 10.6 Å². The Morgan fingerprint density at radius 2 is 2.31 bits per heavy atom. The number of allylic oxidation sites excluding steroid dienone is 4. The van der Waals surface area contributed by atoms with Crippen molar-refractivity contribution in [2.75, 3.05) is 0 Å². The van der Waals surface area contributed by atoms with Gasteiger partial charge >= 0.3 is 0 Å². The Kier molecular flexibility index (Phi) is 1.76. The molecule has 2 aliphatic rings. The molecule has 4 heteroatoms. The summed E-state index contributed by atoms with van der Waals surface area (Å²) in [6.45, 7) is 2.13. The SMILES string of the molecule is CC1=CC=C(N(C=N)N=N)C2CC12. The second kappa shape index (κ2) is 2.80. The lowest BCUT2D eigenvalue weighted by molar-refractivity contribution is 0.469. The van der Waals surface area contributed by atoms with Gasteiger partial charge in [0.05, 0.1) is 0 Å². The molecule has 4 nitrogen and oxygen atoms in total. The molecule has 2 aliphatic carbocycles. The summed E-state index contributed by atoms with van der Waals surface area (Å²) in [5.74, 6) is 1.14. The van der Waals surface area contributed by atoms with Crippen LogP contribution in [-0.2, 0) is 0 Å². The van der Waals surface area contributed by atoms with Gasteiger partial charge in [0, 0.05) is 11.6 Å². The van der Waals surface area contributed by atoms with Gasteiger partial charge in [0.25, 0.3) is 0 Å². The van der Waals surface area contributed by atoms with Crippen molar-refractivity contribution in [1.29, 1.82) is 10.9 Å². The van der Waals surface area contributed by atoms with Gasteiger partial charge in [-0.25, -0.2) is 5.01 Å². The fraction of sp³-hybridized carbons (Fsp3) is 0.444. The van der Waals surface area contributed by atoms with Crippen LogP contribution < -0.4 is 0 Å². The maximum atomic E-state index is 7.08. The van der Waals surface area contributed by atoms with Crippen LogP contribution in [-0.4, -0.2) is 11.3 Å². The molecule has 2 atom stereocenters. The van der Waals surface area contributed by atoms with Crippen molar-refractivity contribution in [3.63, 3.8) is 0 Å². The third-order valence-corrected chi connectivity index (χ3v) is 2.77. The monoisotopic (exact) mass is 176 g/mol. The summed E-state index contributed by atoms with van der Waals surface area (Å²) < 4.78 is 0. The summed E-state index contributed by atoms with van der Waals surface area (Å²) in [6, 6.07) is 0. The highest BCUT2D eigenvalue weighted by Gasteiger charge is 2.44. The molecule has 0 aliphatic heterocycles. The summed E-state index contributed by atoms with van der Waals surface area (Å²) in [6.07, 6.45) is 6.26. The van der Waals surface area contributed by atoms with Gasteiger partial charge in [0.2, 0.25) is 0 Å². The molecule has 1 saturated carbocycles. The van der Waals surface area contributed by atoms with Crippen LogP contribution in [0.15, 0.2) is 28.6 Å². The molecule has 1 fully saturated rings. The maximum Gasteiger partial charge on any atom is 0.110 e. The molecule has 0 aromatic rings. The third-order valence-electron chi connectivity index (χ3n) is 2.77. The Morgan fingerprint density at radius 1 is 1.54 bits per heavy atom. The number of hydrogen-bond acceptors (Lipinski definition) is 3. The lowest BCUT2D eigenvalue weighted by Gasteiger charge is -2.17. The lowest BCUT2D eigenvalue weighted by Crippen LogP contribution is -2.16. The highest BCUT2D eigenvalue weighted by Crippen LogP contribution is 2.51. The quantitative estimate of drug-likeness (QED) is 0.295. The van der Waals surface area contributed by atoms with Crippen LogP contribution in [0.3, 0.4) is 0 Å². The second-order valence-electron chi connectivity index (χ2n) is 3.52. The smallest absolute Gasteiger partial charge is 0.110 e. The zero-order chi connectivity index (χ0) is 9.42. The molecule has 68 valence electrons. The molecule has 0 aromatic carbocycles. The van der Waals surface area contributed by atoms with Crippen molar-refractivity contribution in [2.24, 2.45) is 17.1 Å². The van der Waals surface area contributed by atoms with Crippen LogP contribution in [0, 0.1) is 22.8 Å². The summed E-state index contributed by atoms with van der Waals surface area (Å²) in [5.41, 5.74) is 9.29. The van der Waals surface area contributed by atoms with Crippen LogP contribution in [0.25, 0.3) is 0 Å². The van der Waals surface area contributed by atoms with E-state index in [2.05, 4.69) is 18.2 Å². The molecule has 2 rings (SSSR count). The molecule has 0 amide bonds. The van der Waals surface area contributed by atoms with E-state index in [-0.39, 0.29) is 0 Å². The molecule has 0 heterocycles. The largest absolute Gasteiger partial charge is 0.289 e. The predicted molar refractivity (Wildman–Crippen MR) is 49.2 cm³/mol. The Labute approximate surface area is 76.9 Å². The maximum absolute atomic E-state index is 7.08. The first-order valence-electron chi connectivity index (χ1n) is 4.33. The molecule has 0 radical (unpaired) electrons. The zero-order valence-corrected chi connectivity index (χ0v) is 7.49. The van der Waals surface area contributed by atoms with Crippen LogP contribution in [0.5, 0.6) is 0 Å². The molecular formula is C9H12N4. The molecule has 0 saturated heterocycles. The van der Waals surface area contributed by atoms with E-state index in [0.29, 0.717) is 11.8 Å². The van der Waals surface area contributed by atoms with Crippen molar-refractivity contribution in [3.05, 3.63) is 23.4 Å². The summed E-state index contributed by atoms with van der Waals surface area (Å²) in [7, 11) is 0. The van der Waals surface area contributed by atoms with E-state index in [9.17, 15) is 0 Å². The van der Waals surface area contributed by atoms with Crippen LogP contribution in [0.1, 0.15) is 13.3 Å². The molecule has 0 aromatic heterocycles. The van der Waals surface area contributed by atoms with Gasteiger partial charge < -0.3 is 0 Å². The van der Waals surface area contributed by atoms with E-state index >= 15 is 0 Å². The average Bonchev–Trinajstić information content (AvgIpc) is 2.91. The minimum absolute atomic E-state index is 0.501. The number of nitrogens with zero attached hydrogens (tertiary/aromatic N) is 2. The molecule has 13 heavy (non-hydrogen) atoms. The van der Waals surface area contributed by atoms with Gasteiger partial charge in [-0.15, -0.1) is 0 Å². The second-order valence-corrected chi connectivity index (χ2v) is 3.52. The number of fused-ring (bicyclic) bond motifs is 1. The number of hydrogen-bond donors (Lipinski definition) is 2. The minimum atomic E-state index is 0.501. The highest BCUT2D eigenvalue weighted by molar-refractivity contribution is 5.55.